The fourth-order valence-corrected chi connectivity index (χ4v) is 3.62. The third-order valence-electron chi connectivity index (χ3n) is 5.24. The molecule has 5 rings (SSSR count). The standard InChI is InChI=1S/C25H20N8O2/c26-22(34)25(35)30-19-12-17(13-27-14-19)23-31-24(29-15-18-8-4-5-10-28-18)21-20(9-11-33(21)32-23)16-6-2-1-3-7-16/h1-14H,15H2,(H2,26,34)(H,30,35)(H,29,31,32). The Morgan fingerprint density at radius 3 is 2.57 bits per heavy atom. The second-order valence-corrected chi connectivity index (χ2v) is 7.63. The number of hydrogen-bond acceptors (Lipinski definition) is 7. The highest BCUT2D eigenvalue weighted by molar-refractivity contribution is 6.39. The summed E-state index contributed by atoms with van der Waals surface area (Å²) < 4.78 is 1.75. The van der Waals surface area contributed by atoms with Crippen LogP contribution in [-0.2, 0) is 16.1 Å². The summed E-state index contributed by atoms with van der Waals surface area (Å²) in [5, 5.41) is 10.5. The lowest BCUT2D eigenvalue weighted by molar-refractivity contribution is -0.134. The van der Waals surface area contributed by atoms with E-state index >= 15 is 0 Å². The molecule has 4 N–H and O–H groups in total. The number of anilines is 2. The molecular formula is C25H20N8O2. The topological polar surface area (TPSA) is 140 Å². The number of carbonyl (C=O) groups excluding carboxylic acids is 2. The summed E-state index contributed by atoms with van der Waals surface area (Å²) in [5.74, 6) is -1.04. The molecular weight excluding hydrogens is 444 g/mol. The maximum atomic E-state index is 11.7. The molecule has 0 radical (unpaired) electrons. The number of primary amides is 1. The number of benzene rings is 1. The summed E-state index contributed by atoms with van der Waals surface area (Å²) in [6.45, 7) is 0.458. The molecule has 35 heavy (non-hydrogen) atoms. The van der Waals surface area contributed by atoms with Crippen LogP contribution in [0.3, 0.4) is 0 Å². The minimum absolute atomic E-state index is 0.301. The van der Waals surface area contributed by atoms with E-state index in [9.17, 15) is 9.59 Å². The number of amides is 2. The monoisotopic (exact) mass is 464 g/mol. The molecule has 1 aromatic carbocycles. The van der Waals surface area contributed by atoms with Gasteiger partial charge in [0.25, 0.3) is 0 Å². The van der Waals surface area contributed by atoms with Crippen LogP contribution in [0.5, 0.6) is 0 Å². The van der Waals surface area contributed by atoms with Crippen LogP contribution in [0.1, 0.15) is 5.69 Å². The van der Waals surface area contributed by atoms with Crippen LogP contribution in [-0.4, -0.2) is 36.4 Å². The summed E-state index contributed by atoms with van der Waals surface area (Å²) in [7, 11) is 0. The number of aromatic nitrogens is 5. The van der Waals surface area contributed by atoms with E-state index in [4.69, 9.17) is 10.7 Å². The molecule has 10 nitrogen and oxygen atoms in total. The number of hydrogen-bond donors (Lipinski definition) is 3. The molecule has 2 amide bonds. The van der Waals surface area contributed by atoms with E-state index in [0.717, 1.165) is 22.3 Å². The Balaban J connectivity index is 1.58. The molecule has 0 aliphatic carbocycles. The van der Waals surface area contributed by atoms with Crippen LogP contribution < -0.4 is 16.4 Å². The SMILES string of the molecule is NC(=O)C(=O)Nc1cncc(-c2nc(NCc3ccccn3)c3c(-c4ccccc4)ccn3n2)c1. The Kier molecular flexibility index (Phi) is 5.83. The van der Waals surface area contributed by atoms with Gasteiger partial charge >= 0.3 is 11.8 Å². The Labute approximate surface area is 199 Å². The molecule has 0 bridgehead atoms. The van der Waals surface area contributed by atoms with Crippen LogP contribution in [0.2, 0.25) is 0 Å². The third kappa shape index (κ3) is 4.67. The van der Waals surface area contributed by atoms with E-state index < -0.39 is 11.8 Å². The molecule has 0 saturated carbocycles. The molecule has 172 valence electrons. The summed E-state index contributed by atoms with van der Waals surface area (Å²) in [5.41, 5.74) is 9.55. The van der Waals surface area contributed by atoms with Crippen molar-refractivity contribution < 1.29 is 9.59 Å². The second kappa shape index (κ2) is 9.40. The number of pyridine rings is 2. The zero-order valence-corrected chi connectivity index (χ0v) is 18.4. The Hall–Kier alpha value is -5.12. The van der Waals surface area contributed by atoms with Crippen molar-refractivity contribution in [2.45, 2.75) is 6.54 Å². The predicted octanol–water partition coefficient (Wildman–Crippen LogP) is 2.89. The minimum Gasteiger partial charge on any atom is -0.363 e. The zero-order valence-electron chi connectivity index (χ0n) is 18.4. The Morgan fingerprint density at radius 2 is 1.80 bits per heavy atom. The number of carbonyl (C=O) groups is 2. The van der Waals surface area contributed by atoms with E-state index in [1.54, 1.807) is 23.0 Å². The van der Waals surface area contributed by atoms with E-state index in [1.807, 2.05) is 60.8 Å². The molecule has 0 atom stereocenters. The Morgan fingerprint density at radius 1 is 0.971 bits per heavy atom. The number of nitrogens with zero attached hydrogens (tertiary/aromatic N) is 5. The maximum Gasteiger partial charge on any atom is 0.313 e. The van der Waals surface area contributed by atoms with Crippen molar-refractivity contribution in [3.8, 4) is 22.5 Å². The van der Waals surface area contributed by atoms with Crippen LogP contribution >= 0.6 is 0 Å². The molecule has 4 heterocycles. The van der Waals surface area contributed by atoms with Crippen molar-refractivity contribution in [1.82, 2.24) is 24.6 Å². The van der Waals surface area contributed by atoms with Gasteiger partial charge in [0.2, 0.25) is 0 Å². The van der Waals surface area contributed by atoms with E-state index in [-0.39, 0.29) is 0 Å². The summed E-state index contributed by atoms with van der Waals surface area (Å²) in [6, 6.07) is 19.3. The van der Waals surface area contributed by atoms with E-state index in [1.165, 1.54) is 6.20 Å². The van der Waals surface area contributed by atoms with Crippen molar-refractivity contribution in [3.63, 3.8) is 0 Å². The molecule has 4 aromatic heterocycles. The average Bonchev–Trinajstić information content (AvgIpc) is 3.33. The highest BCUT2D eigenvalue weighted by Gasteiger charge is 2.16. The normalized spacial score (nSPS) is 10.7. The van der Waals surface area contributed by atoms with Gasteiger partial charge in [-0.1, -0.05) is 36.4 Å². The average molecular weight is 464 g/mol. The summed E-state index contributed by atoms with van der Waals surface area (Å²) >= 11 is 0. The van der Waals surface area contributed by atoms with Crippen LogP contribution in [0.15, 0.2) is 85.5 Å². The Bertz CT molecular complexity index is 1520. The third-order valence-corrected chi connectivity index (χ3v) is 5.24. The van der Waals surface area contributed by atoms with Crippen molar-refractivity contribution in [3.05, 3.63) is 91.1 Å². The first-order valence-corrected chi connectivity index (χ1v) is 10.7. The smallest absolute Gasteiger partial charge is 0.313 e. The first-order chi connectivity index (χ1) is 17.1. The van der Waals surface area contributed by atoms with E-state index in [0.29, 0.717) is 29.4 Å². The van der Waals surface area contributed by atoms with Gasteiger partial charge in [-0.3, -0.25) is 19.6 Å². The van der Waals surface area contributed by atoms with Gasteiger partial charge in [-0.25, -0.2) is 9.50 Å². The van der Waals surface area contributed by atoms with Gasteiger partial charge in [-0.15, -0.1) is 5.10 Å². The molecule has 0 saturated heterocycles. The van der Waals surface area contributed by atoms with Crippen molar-refractivity contribution in [2.75, 3.05) is 10.6 Å². The van der Waals surface area contributed by atoms with Gasteiger partial charge in [-0.05, 0) is 29.8 Å². The van der Waals surface area contributed by atoms with E-state index in [2.05, 4.69) is 25.7 Å². The molecule has 0 fully saturated rings. The van der Waals surface area contributed by atoms with Gasteiger partial charge < -0.3 is 16.4 Å². The quantitative estimate of drug-likeness (QED) is 0.328. The van der Waals surface area contributed by atoms with Crippen LogP contribution in [0.25, 0.3) is 28.0 Å². The van der Waals surface area contributed by atoms with Gasteiger partial charge in [0, 0.05) is 29.7 Å². The number of nitrogens with two attached hydrogens (primary N) is 1. The van der Waals surface area contributed by atoms with Crippen LogP contribution in [0.4, 0.5) is 11.5 Å². The van der Waals surface area contributed by atoms with Gasteiger partial charge in [0.15, 0.2) is 11.6 Å². The number of fused-ring (bicyclic) bond motifs is 1. The van der Waals surface area contributed by atoms with Crippen molar-refractivity contribution >= 4 is 28.8 Å². The van der Waals surface area contributed by atoms with Crippen molar-refractivity contribution in [1.29, 1.82) is 0 Å². The summed E-state index contributed by atoms with van der Waals surface area (Å²) in [6.07, 6.45) is 6.58. The minimum atomic E-state index is -1.09. The molecule has 10 heteroatoms. The maximum absolute atomic E-state index is 11.7. The highest BCUT2D eigenvalue weighted by atomic mass is 16.2. The molecule has 0 aliphatic heterocycles. The molecule has 0 spiro atoms. The fourth-order valence-electron chi connectivity index (χ4n) is 3.62. The highest BCUT2D eigenvalue weighted by Crippen LogP contribution is 2.31. The fraction of sp³-hybridized carbons (Fsp3) is 0.0400. The van der Waals surface area contributed by atoms with Gasteiger partial charge in [0.05, 0.1) is 24.1 Å². The number of nitrogens with one attached hydrogen (secondary N) is 2. The molecule has 0 aliphatic rings. The largest absolute Gasteiger partial charge is 0.363 e. The van der Waals surface area contributed by atoms with Crippen molar-refractivity contribution in [2.24, 2.45) is 5.73 Å². The second-order valence-electron chi connectivity index (χ2n) is 7.63. The van der Waals surface area contributed by atoms with Gasteiger partial charge in [0.1, 0.15) is 5.52 Å². The first kappa shape index (κ1) is 21.7. The van der Waals surface area contributed by atoms with Gasteiger partial charge in [-0.2, -0.15) is 0 Å². The number of rotatable bonds is 6. The molecule has 5 aromatic rings. The lowest BCUT2D eigenvalue weighted by Crippen LogP contribution is -2.29. The molecule has 0 unspecified atom stereocenters. The lowest BCUT2D eigenvalue weighted by Gasteiger charge is -2.12. The zero-order chi connectivity index (χ0) is 24.2. The summed E-state index contributed by atoms with van der Waals surface area (Å²) in [4.78, 5) is 36.1. The lowest BCUT2D eigenvalue weighted by atomic mass is 10.1. The predicted molar refractivity (Wildman–Crippen MR) is 131 cm³/mol. The first-order valence-electron chi connectivity index (χ1n) is 10.7. The van der Waals surface area contributed by atoms with Crippen LogP contribution in [0, 0.1) is 0 Å².